The lowest BCUT2D eigenvalue weighted by Crippen LogP contribution is -2.05. The average molecular weight is 247 g/mol. The number of hydrogen-bond acceptors (Lipinski definition) is 1. The summed E-state index contributed by atoms with van der Waals surface area (Å²) in [5.41, 5.74) is 2.76. The lowest BCUT2D eigenvalue weighted by atomic mass is 10.1. The number of rotatable bonds is 3. The van der Waals surface area contributed by atoms with Crippen LogP contribution in [0.5, 0.6) is 0 Å². The molecule has 0 bridgehead atoms. The van der Waals surface area contributed by atoms with E-state index in [0.717, 1.165) is 11.1 Å². The van der Waals surface area contributed by atoms with Crippen molar-refractivity contribution in [3.8, 4) is 0 Å². The molecule has 0 saturated carbocycles. The normalized spacial score (nSPS) is 10.4. The predicted octanol–water partition coefficient (Wildman–Crippen LogP) is 4.19. The zero-order chi connectivity index (χ0) is 13.1. The summed E-state index contributed by atoms with van der Waals surface area (Å²) in [5, 5.41) is 2.95. The van der Waals surface area contributed by atoms with Gasteiger partial charge < -0.3 is 5.32 Å². The summed E-state index contributed by atoms with van der Waals surface area (Å²) in [6.45, 7) is 3.99. The number of anilines is 1. The van der Waals surface area contributed by atoms with Crippen LogP contribution in [-0.2, 0) is 6.54 Å². The Bertz CT molecular complexity index is 544. The van der Waals surface area contributed by atoms with Crippen LogP contribution in [0.1, 0.15) is 16.7 Å². The monoisotopic (exact) mass is 247 g/mol. The first-order valence-electron chi connectivity index (χ1n) is 5.82. The summed E-state index contributed by atoms with van der Waals surface area (Å²) in [7, 11) is 0. The van der Waals surface area contributed by atoms with Crippen molar-refractivity contribution >= 4 is 5.69 Å². The summed E-state index contributed by atoms with van der Waals surface area (Å²) in [4.78, 5) is 0. The third-order valence-electron chi connectivity index (χ3n) is 2.88. The second-order valence-corrected chi connectivity index (χ2v) is 4.38. The maximum atomic E-state index is 13.6. The van der Waals surface area contributed by atoms with E-state index < -0.39 is 0 Å². The molecule has 0 radical (unpaired) electrons. The second kappa shape index (κ2) is 5.17. The van der Waals surface area contributed by atoms with Crippen molar-refractivity contribution in [3.63, 3.8) is 0 Å². The van der Waals surface area contributed by atoms with Crippen molar-refractivity contribution in [3.05, 3.63) is 64.7 Å². The highest BCUT2D eigenvalue weighted by Crippen LogP contribution is 2.20. The predicted molar refractivity (Wildman–Crippen MR) is 69.6 cm³/mol. The number of halogens is 2. The van der Waals surface area contributed by atoms with Crippen molar-refractivity contribution in [1.29, 1.82) is 0 Å². The number of hydrogen-bond donors (Lipinski definition) is 1. The Morgan fingerprint density at radius 3 is 2.50 bits per heavy atom. The topological polar surface area (TPSA) is 12.0 Å². The summed E-state index contributed by atoms with van der Waals surface area (Å²) in [5.74, 6) is -0.592. The lowest BCUT2D eigenvalue weighted by molar-refractivity contribution is 0.609. The standard InChI is InChI=1S/C15H15F2N/c1-10-6-7-13(16)12(8-10)9-18-15-11(2)4-3-5-14(15)17/h3-8,18H,9H2,1-2H3. The lowest BCUT2D eigenvalue weighted by Gasteiger charge is -2.11. The molecule has 0 aliphatic rings. The van der Waals surface area contributed by atoms with Gasteiger partial charge in [0.2, 0.25) is 0 Å². The Morgan fingerprint density at radius 1 is 1.00 bits per heavy atom. The minimum atomic E-state index is -0.317. The maximum Gasteiger partial charge on any atom is 0.146 e. The minimum absolute atomic E-state index is 0.273. The van der Waals surface area contributed by atoms with Crippen molar-refractivity contribution in [2.75, 3.05) is 5.32 Å². The summed E-state index contributed by atoms with van der Waals surface area (Å²) < 4.78 is 27.1. The Hall–Kier alpha value is -1.90. The summed E-state index contributed by atoms with van der Waals surface area (Å²) in [6, 6.07) is 9.77. The van der Waals surface area contributed by atoms with E-state index in [1.54, 1.807) is 18.2 Å². The van der Waals surface area contributed by atoms with Crippen LogP contribution in [0, 0.1) is 25.5 Å². The Labute approximate surface area is 105 Å². The number of aryl methyl sites for hydroxylation is 2. The van der Waals surface area contributed by atoms with Gasteiger partial charge in [0.15, 0.2) is 0 Å². The molecule has 0 fully saturated rings. The molecule has 0 amide bonds. The molecule has 18 heavy (non-hydrogen) atoms. The van der Waals surface area contributed by atoms with Crippen LogP contribution < -0.4 is 5.32 Å². The van der Waals surface area contributed by atoms with Crippen LogP contribution in [0.2, 0.25) is 0 Å². The first-order valence-corrected chi connectivity index (χ1v) is 5.82. The number of benzene rings is 2. The second-order valence-electron chi connectivity index (χ2n) is 4.38. The molecule has 1 nitrogen and oxygen atoms in total. The molecule has 0 spiro atoms. The highest BCUT2D eigenvalue weighted by molar-refractivity contribution is 5.52. The van der Waals surface area contributed by atoms with Crippen molar-refractivity contribution in [1.82, 2.24) is 0 Å². The van der Waals surface area contributed by atoms with Crippen molar-refractivity contribution < 1.29 is 8.78 Å². The molecule has 0 aliphatic heterocycles. The summed E-state index contributed by atoms with van der Waals surface area (Å²) in [6.07, 6.45) is 0. The zero-order valence-electron chi connectivity index (χ0n) is 10.4. The molecule has 2 aromatic rings. The van der Waals surface area contributed by atoms with Crippen molar-refractivity contribution in [2.45, 2.75) is 20.4 Å². The van der Waals surface area contributed by atoms with E-state index in [1.165, 1.54) is 12.1 Å². The van der Waals surface area contributed by atoms with E-state index in [4.69, 9.17) is 0 Å². The Kier molecular flexibility index (Phi) is 3.60. The average Bonchev–Trinajstić information content (AvgIpc) is 2.33. The van der Waals surface area contributed by atoms with E-state index in [9.17, 15) is 8.78 Å². The van der Waals surface area contributed by atoms with Gasteiger partial charge in [0.25, 0.3) is 0 Å². The molecule has 3 heteroatoms. The van der Waals surface area contributed by atoms with Gasteiger partial charge in [0, 0.05) is 12.1 Å². The molecule has 0 aromatic heterocycles. The van der Waals surface area contributed by atoms with Crippen LogP contribution in [0.4, 0.5) is 14.5 Å². The van der Waals surface area contributed by atoms with Gasteiger partial charge in [0.1, 0.15) is 11.6 Å². The fourth-order valence-corrected chi connectivity index (χ4v) is 1.88. The number of para-hydroxylation sites is 1. The third-order valence-corrected chi connectivity index (χ3v) is 2.88. The molecule has 1 N–H and O–H groups in total. The molecule has 0 atom stereocenters. The SMILES string of the molecule is Cc1ccc(F)c(CNc2c(C)cccc2F)c1. The van der Waals surface area contributed by atoms with E-state index >= 15 is 0 Å². The van der Waals surface area contributed by atoms with Crippen LogP contribution in [0.25, 0.3) is 0 Å². The third kappa shape index (κ3) is 2.67. The molecular formula is C15H15F2N. The van der Waals surface area contributed by atoms with E-state index in [2.05, 4.69) is 5.32 Å². The number of nitrogens with one attached hydrogen (secondary N) is 1. The van der Waals surface area contributed by atoms with Gasteiger partial charge in [0.05, 0.1) is 5.69 Å². The molecule has 2 aromatic carbocycles. The highest BCUT2D eigenvalue weighted by atomic mass is 19.1. The fourth-order valence-electron chi connectivity index (χ4n) is 1.88. The van der Waals surface area contributed by atoms with Crippen LogP contribution >= 0.6 is 0 Å². The fraction of sp³-hybridized carbons (Fsp3) is 0.200. The van der Waals surface area contributed by atoms with Gasteiger partial charge >= 0.3 is 0 Å². The van der Waals surface area contributed by atoms with Gasteiger partial charge in [-0.1, -0.05) is 29.8 Å². The molecule has 2 rings (SSSR count). The molecule has 0 unspecified atom stereocenters. The van der Waals surface area contributed by atoms with Gasteiger partial charge in [-0.25, -0.2) is 8.78 Å². The molecule has 94 valence electrons. The van der Waals surface area contributed by atoms with Gasteiger partial charge in [-0.15, -0.1) is 0 Å². The van der Waals surface area contributed by atoms with Crippen molar-refractivity contribution in [2.24, 2.45) is 0 Å². The van der Waals surface area contributed by atoms with E-state index in [0.29, 0.717) is 11.3 Å². The van der Waals surface area contributed by atoms with Gasteiger partial charge in [-0.3, -0.25) is 0 Å². The summed E-state index contributed by atoms with van der Waals surface area (Å²) >= 11 is 0. The van der Waals surface area contributed by atoms with Crippen LogP contribution in [-0.4, -0.2) is 0 Å². The Balaban J connectivity index is 2.19. The quantitative estimate of drug-likeness (QED) is 0.857. The van der Waals surface area contributed by atoms with Gasteiger partial charge in [-0.05, 0) is 31.5 Å². The molecular weight excluding hydrogens is 232 g/mol. The smallest absolute Gasteiger partial charge is 0.146 e. The first kappa shape index (κ1) is 12.6. The van der Waals surface area contributed by atoms with E-state index in [1.807, 2.05) is 19.9 Å². The highest BCUT2D eigenvalue weighted by Gasteiger charge is 2.06. The molecule has 0 saturated heterocycles. The largest absolute Gasteiger partial charge is 0.378 e. The van der Waals surface area contributed by atoms with Crippen LogP contribution in [0.3, 0.4) is 0 Å². The Morgan fingerprint density at radius 2 is 1.78 bits per heavy atom. The zero-order valence-corrected chi connectivity index (χ0v) is 10.4. The van der Waals surface area contributed by atoms with E-state index in [-0.39, 0.29) is 18.2 Å². The van der Waals surface area contributed by atoms with Gasteiger partial charge in [-0.2, -0.15) is 0 Å². The maximum absolute atomic E-state index is 13.6. The van der Waals surface area contributed by atoms with Crippen LogP contribution in [0.15, 0.2) is 36.4 Å². The molecule has 0 heterocycles. The first-order chi connectivity index (χ1) is 8.58. The minimum Gasteiger partial charge on any atom is -0.378 e. The molecule has 0 aliphatic carbocycles.